The van der Waals surface area contributed by atoms with Gasteiger partial charge in [0.25, 0.3) is 0 Å². The predicted molar refractivity (Wildman–Crippen MR) is 74.2 cm³/mol. The van der Waals surface area contributed by atoms with E-state index >= 15 is 0 Å². The number of hydrogen-bond donors (Lipinski definition) is 2. The average Bonchev–Trinajstić information content (AvgIpc) is 2.73. The van der Waals surface area contributed by atoms with Crippen molar-refractivity contribution >= 4 is 11.8 Å². The molecule has 0 aromatic carbocycles. The van der Waals surface area contributed by atoms with Crippen molar-refractivity contribution in [1.82, 2.24) is 10.2 Å². The van der Waals surface area contributed by atoms with Gasteiger partial charge in [0.05, 0.1) is 12.3 Å². The highest BCUT2D eigenvalue weighted by Crippen LogP contribution is 2.14. The van der Waals surface area contributed by atoms with Crippen LogP contribution in [0.25, 0.3) is 0 Å². The van der Waals surface area contributed by atoms with Gasteiger partial charge >= 0.3 is 0 Å². The van der Waals surface area contributed by atoms with Crippen molar-refractivity contribution in [3.8, 4) is 0 Å². The Bertz CT molecular complexity index is 302. The van der Waals surface area contributed by atoms with Crippen LogP contribution in [0.4, 0.5) is 0 Å². The van der Waals surface area contributed by atoms with E-state index in [9.17, 15) is 0 Å². The van der Waals surface area contributed by atoms with E-state index in [1.165, 1.54) is 0 Å². The summed E-state index contributed by atoms with van der Waals surface area (Å²) in [7, 11) is 4.14. The van der Waals surface area contributed by atoms with Gasteiger partial charge in [-0.05, 0) is 26.2 Å². The van der Waals surface area contributed by atoms with Crippen molar-refractivity contribution in [3.05, 3.63) is 23.7 Å². The van der Waals surface area contributed by atoms with Gasteiger partial charge in [0, 0.05) is 25.4 Å². The first-order valence-corrected chi connectivity index (χ1v) is 7.08. The van der Waals surface area contributed by atoms with Gasteiger partial charge in [-0.1, -0.05) is 0 Å². The highest BCUT2D eigenvalue weighted by atomic mass is 32.2. The maximum atomic E-state index is 5.70. The zero-order chi connectivity index (χ0) is 12.5. The molecule has 0 aliphatic heterocycles. The Kier molecular flexibility index (Phi) is 7.35. The summed E-state index contributed by atoms with van der Waals surface area (Å²) in [5.41, 5.74) is 5.44. The SMILES string of the molecule is CN(C)CCNCc1ccc(CSCCN)o1. The lowest BCUT2D eigenvalue weighted by molar-refractivity contribution is 0.389. The molecule has 1 aromatic rings. The van der Waals surface area contributed by atoms with E-state index in [-0.39, 0.29) is 0 Å². The molecule has 4 nitrogen and oxygen atoms in total. The summed E-state index contributed by atoms with van der Waals surface area (Å²) >= 11 is 1.81. The Labute approximate surface area is 108 Å². The quantitative estimate of drug-likeness (QED) is 0.649. The highest BCUT2D eigenvalue weighted by Gasteiger charge is 2.01. The van der Waals surface area contributed by atoms with Gasteiger partial charge in [0.15, 0.2) is 0 Å². The van der Waals surface area contributed by atoms with Gasteiger partial charge in [-0.2, -0.15) is 11.8 Å². The van der Waals surface area contributed by atoms with Gasteiger partial charge in [-0.15, -0.1) is 0 Å². The van der Waals surface area contributed by atoms with Crippen LogP contribution in [0, 0.1) is 0 Å². The summed E-state index contributed by atoms with van der Waals surface area (Å²) < 4.78 is 5.70. The fraction of sp³-hybridized carbons (Fsp3) is 0.667. The monoisotopic (exact) mass is 257 g/mol. The van der Waals surface area contributed by atoms with Crippen LogP contribution in [0.5, 0.6) is 0 Å². The lowest BCUT2D eigenvalue weighted by Gasteiger charge is -2.09. The second kappa shape index (κ2) is 8.58. The van der Waals surface area contributed by atoms with Crippen LogP contribution in [0.15, 0.2) is 16.5 Å². The summed E-state index contributed by atoms with van der Waals surface area (Å²) in [4.78, 5) is 2.16. The largest absolute Gasteiger partial charge is 0.464 e. The Morgan fingerprint density at radius 3 is 2.82 bits per heavy atom. The van der Waals surface area contributed by atoms with Crippen LogP contribution in [-0.4, -0.2) is 44.4 Å². The summed E-state index contributed by atoms with van der Waals surface area (Å²) in [5, 5.41) is 3.35. The topological polar surface area (TPSA) is 54.4 Å². The second-order valence-electron chi connectivity index (χ2n) is 4.19. The summed E-state index contributed by atoms with van der Waals surface area (Å²) in [6.45, 7) is 3.55. The van der Waals surface area contributed by atoms with E-state index in [2.05, 4.69) is 24.3 Å². The number of nitrogens with one attached hydrogen (secondary N) is 1. The van der Waals surface area contributed by atoms with Crippen LogP contribution in [-0.2, 0) is 12.3 Å². The van der Waals surface area contributed by atoms with Crippen molar-refractivity contribution in [2.24, 2.45) is 5.73 Å². The lowest BCUT2D eigenvalue weighted by Crippen LogP contribution is -2.26. The van der Waals surface area contributed by atoms with Crippen molar-refractivity contribution in [3.63, 3.8) is 0 Å². The van der Waals surface area contributed by atoms with Gasteiger partial charge < -0.3 is 20.4 Å². The number of rotatable bonds is 9. The van der Waals surface area contributed by atoms with E-state index in [0.717, 1.165) is 49.2 Å². The van der Waals surface area contributed by atoms with Gasteiger partial charge in [-0.25, -0.2) is 0 Å². The molecule has 3 N–H and O–H groups in total. The van der Waals surface area contributed by atoms with E-state index in [1.807, 2.05) is 12.1 Å². The first-order chi connectivity index (χ1) is 8.22. The number of nitrogens with two attached hydrogens (primary N) is 1. The van der Waals surface area contributed by atoms with Crippen molar-refractivity contribution in [2.45, 2.75) is 12.3 Å². The second-order valence-corrected chi connectivity index (χ2v) is 5.29. The van der Waals surface area contributed by atoms with Gasteiger partial charge in [-0.3, -0.25) is 0 Å². The number of likely N-dealkylation sites (N-methyl/N-ethyl adjacent to an activating group) is 1. The minimum Gasteiger partial charge on any atom is -0.464 e. The summed E-state index contributed by atoms with van der Waals surface area (Å²) in [6.07, 6.45) is 0. The minimum absolute atomic E-state index is 0.727. The molecule has 1 rings (SSSR count). The standard InChI is InChI=1S/C12H23N3OS/c1-15(2)7-6-14-9-11-3-4-12(16-11)10-17-8-5-13/h3-4,14H,5-10,13H2,1-2H3. The fourth-order valence-electron chi connectivity index (χ4n) is 1.37. The van der Waals surface area contributed by atoms with Gasteiger partial charge in [0.2, 0.25) is 0 Å². The molecule has 0 amide bonds. The summed E-state index contributed by atoms with van der Waals surface area (Å²) in [5.74, 6) is 3.94. The molecule has 0 fully saturated rings. The number of thioether (sulfide) groups is 1. The van der Waals surface area contributed by atoms with Crippen LogP contribution in [0.3, 0.4) is 0 Å². The number of nitrogens with zero attached hydrogens (tertiary/aromatic N) is 1. The molecule has 5 heteroatoms. The number of furan rings is 1. The molecule has 1 aromatic heterocycles. The summed E-state index contributed by atoms with van der Waals surface area (Å²) in [6, 6.07) is 4.09. The molecular formula is C12H23N3OS. The molecule has 0 unspecified atom stereocenters. The van der Waals surface area contributed by atoms with Crippen molar-refractivity contribution < 1.29 is 4.42 Å². The van der Waals surface area contributed by atoms with Crippen LogP contribution < -0.4 is 11.1 Å². The van der Waals surface area contributed by atoms with Crippen LogP contribution in [0.2, 0.25) is 0 Å². The molecule has 0 saturated carbocycles. The van der Waals surface area contributed by atoms with E-state index in [4.69, 9.17) is 10.2 Å². The average molecular weight is 257 g/mol. The normalized spacial score (nSPS) is 11.3. The number of hydrogen-bond acceptors (Lipinski definition) is 5. The third kappa shape index (κ3) is 6.73. The molecule has 1 heterocycles. The molecule has 0 saturated heterocycles. The van der Waals surface area contributed by atoms with Gasteiger partial charge in [0.1, 0.15) is 11.5 Å². The van der Waals surface area contributed by atoms with E-state index in [0.29, 0.717) is 0 Å². The molecule has 0 aliphatic carbocycles. The third-order valence-corrected chi connectivity index (χ3v) is 3.27. The zero-order valence-corrected chi connectivity index (χ0v) is 11.6. The first-order valence-electron chi connectivity index (χ1n) is 5.93. The molecule has 0 radical (unpaired) electrons. The molecule has 0 spiro atoms. The Morgan fingerprint density at radius 1 is 1.35 bits per heavy atom. The highest BCUT2D eigenvalue weighted by molar-refractivity contribution is 7.98. The zero-order valence-electron chi connectivity index (χ0n) is 10.7. The molecule has 0 atom stereocenters. The maximum Gasteiger partial charge on any atom is 0.118 e. The lowest BCUT2D eigenvalue weighted by atomic mass is 10.4. The molecule has 17 heavy (non-hydrogen) atoms. The Hall–Kier alpha value is -0.490. The molecule has 98 valence electrons. The maximum absolute atomic E-state index is 5.70. The van der Waals surface area contributed by atoms with Crippen LogP contribution >= 0.6 is 11.8 Å². The van der Waals surface area contributed by atoms with E-state index in [1.54, 1.807) is 11.8 Å². The third-order valence-electron chi connectivity index (χ3n) is 2.26. The van der Waals surface area contributed by atoms with Crippen molar-refractivity contribution in [2.75, 3.05) is 39.5 Å². The van der Waals surface area contributed by atoms with E-state index < -0.39 is 0 Å². The predicted octanol–water partition coefficient (Wildman–Crippen LogP) is 1.12. The molecular weight excluding hydrogens is 234 g/mol. The van der Waals surface area contributed by atoms with Crippen LogP contribution in [0.1, 0.15) is 11.5 Å². The Balaban J connectivity index is 2.16. The smallest absolute Gasteiger partial charge is 0.118 e. The first kappa shape index (κ1) is 14.6. The minimum atomic E-state index is 0.727. The molecule has 0 bridgehead atoms. The van der Waals surface area contributed by atoms with Crippen molar-refractivity contribution in [1.29, 1.82) is 0 Å². The fourth-order valence-corrected chi connectivity index (χ4v) is 2.03. The molecule has 0 aliphatic rings. The Morgan fingerprint density at radius 2 is 2.12 bits per heavy atom.